The fourth-order valence-corrected chi connectivity index (χ4v) is 5.00. The molecule has 5 rings (SSSR count). The summed E-state index contributed by atoms with van der Waals surface area (Å²) >= 11 is 0. The molecule has 0 saturated carbocycles. The molecule has 5 N–H and O–H groups in total. The zero-order chi connectivity index (χ0) is 28.4. The molecule has 3 aromatic carbocycles. The lowest BCUT2D eigenvalue weighted by atomic mass is 9.93. The van der Waals surface area contributed by atoms with E-state index in [4.69, 9.17) is 0 Å². The van der Waals surface area contributed by atoms with Crippen LogP contribution in [0.25, 0.3) is 10.9 Å². The van der Waals surface area contributed by atoms with Gasteiger partial charge in [-0.2, -0.15) is 5.10 Å². The summed E-state index contributed by atoms with van der Waals surface area (Å²) in [4.78, 5) is 38.8. The number of aromatic amines is 1. The molecule has 0 spiro atoms. The Morgan fingerprint density at radius 1 is 1.00 bits per heavy atom. The number of carbonyl (C=O) groups excluding carboxylic acids is 3. The number of aryl methyl sites for hydroxylation is 2. The van der Waals surface area contributed by atoms with Gasteiger partial charge >= 0.3 is 6.03 Å². The van der Waals surface area contributed by atoms with E-state index in [-0.39, 0.29) is 11.1 Å². The Morgan fingerprint density at radius 3 is 2.55 bits per heavy atom. The van der Waals surface area contributed by atoms with E-state index in [1.807, 2.05) is 32.0 Å². The monoisotopic (exact) mass is 540 g/mol. The lowest BCUT2D eigenvalue weighted by Gasteiger charge is -2.29. The van der Waals surface area contributed by atoms with Crippen molar-refractivity contribution in [2.45, 2.75) is 33.2 Å². The molecule has 204 valence electrons. The third-order valence-corrected chi connectivity index (χ3v) is 7.09. The first-order chi connectivity index (χ1) is 19.2. The number of carbonyl (C=O) groups is 3. The molecule has 1 aromatic heterocycles. The highest BCUT2D eigenvalue weighted by Crippen LogP contribution is 2.29. The summed E-state index contributed by atoms with van der Waals surface area (Å²) < 4.78 is 14.8. The van der Waals surface area contributed by atoms with Crippen molar-refractivity contribution in [2.75, 3.05) is 11.9 Å². The standard InChI is InChI=1S/C30H29FN6O3/c1-16-5-4-6-17(2)22(16)11-12-32-28(38)23-14-19(7-9-24(23)31)27-26(18(3)34-30(40)36-27)29(39)35-21-8-10-25-20(13-21)15-33-37-25/h4-10,13-15,27H,11-12H2,1-3H3,(H,32,38)(H,33,37)(H,35,39)(H2,34,36,40)/t27-/m0/s1. The molecular formula is C30H29FN6O3. The van der Waals surface area contributed by atoms with E-state index in [0.717, 1.165) is 27.6 Å². The fraction of sp³-hybridized carbons (Fsp3) is 0.200. The van der Waals surface area contributed by atoms with Crippen LogP contribution in [0.4, 0.5) is 14.9 Å². The zero-order valence-corrected chi connectivity index (χ0v) is 22.3. The number of nitrogens with one attached hydrogen (secondary N) is 5. The van der Waals surface area contributed by atoms with Crippen molar-refractivity contribution < 1.29 is 18.8 Å². The first-order valence-corrected chi connectivity index (χ1v) is 12.9. The van der Waals surface area contributed by atoms with Crippen molar-refractivity contribution in [3.8, 4) is 0 Å². The minimum Gasteiger partial charge on any atom is -0.352 e. The summed E-state index contributed by atoms with van der Waals surface area (Å²) in [5.74, 6) is -1.73. The maximum atomic E-state index is 14.8. The molecule has 0 fully saturated rings. The summed E-state index contributed by atoms with van der Waals surface area (Å²) in [5.41, 5.74) is 5.56. The van der Waals surface area contributed by atoms with E-state index >= 15 is 0 Å². The number of allylic oxidation sites excluding steroid dienone is 1. The second-order valence-electron chi connectivity index (χ2n) is 9.81. The van der Waals surface area contributed by atoms with Crippen molar-refractivity contribution in [2.24, 2.45) is 0 Å². The number of hydrogen-bond donors (Lipinski definition) is 5. The Kier molecular flexibility index (Phi) is 7.33. The number of fused-ring (bicyclic) bond motifs is 1. The number of nitrogens with zero attached hydrogens (tertiary/aromatic N) is 1. The Bertz CT molecular complexity index is 1650. The highest BCUT2D eigenvalue weighted by atomic mass is 19.1. The van der Waals surface area contributed by atoms with Crippen molar-refractivity contribution >= 4 is 34.4 Å². The number of anilines is 1. The topological polar surface area (TPSA) is 128 Å². The van der Waals surface area contributed by atoms with Gasteiger partial charge in [0.1, 0.15) is 5.82 Å². The minimum absolute atomic E-state index is 0.172. The molecule has 40 heavy (non-hydrogen) atoms. The normalized spacial score (nSPS) is 15.0. The van der Waals surface area contributed by atoms with Crippen molar-refractivity contribution in [3.05, 3.63) is 106 Å². The molecule has 4 aromatic rings. The van der Waals surface area contributed by atoms with Crippen LogP contribution in [-0.2, 0) is 11.2 Å². The zero-order valence-electron chi connectivity index (χ0n) is 22.3. The average Bonchev–Trinajstić information content (AvgIpc) is 3.38. The van der Waals surface area contributed by atoms with Gasteiger partial charge in [0.2, 0.25) is 0 Å². The molecular weight excluding hydrogens is 511 g/mol. The Balaban J connectivity index is 1.36. The number of amides is 4. The third kappa shape index (κ3) is 5.42. The molecule has 2 heterocycles. The van der Waals surface area contributed by atoms with Gasteiger partial charge in [0.15, 0.2) is 0 Å². The number of benzene rings is 3. The highest BCUT2D eigenvalue weighted by Gasteiger charge is 2.32. The van der Waals surface area contributed by atoms with Crippen molar-refractivity contribution in [1.29, 1.82) is 0 Å². The summed E-state index contributed by atoms with van der Waals surface area (Å²) in [7, 11) is 0. The number of aromatic nitrogens is 2. The van der Waals surface area contributed by atoms with Crippen LogP contribution >= 0.6 is 0 Å². The molecule has 0 radical (unpaired) electrons. The molecule has 1 atom stereocenters. The second-order valence-corrected chi connectivity index (χ2v) is 9.81. The maximum absolute atomic E-state index is 14.8. The number of rotatable bonds is 7. The van der Waals surface area contributed by atoms with E-state index < -0.39 is 29.7 Å². The first-order valence-electron chi connectivity index (χ1n) is 12.9. The van der Waals surface area contributed by atoms with Crippen LogP contribution in [0.2, 0.25) is 0 Å². The van der Waals surface area contributed by atoms with Gasteiger partial charge in [-0.15, -0.1) is 0 Å². The van der Waals surface area contributed by atoms with Crippen LogP contribution in [-0.4, -0.2) is 34.6 Å². The predicted octanol–water partition coefficient (Wildman–Crippen LogP) is 4.56. The van der Waals surface area contributed by atoms with E-state index in [2.05, 4.69) is 31.5 Å². The van der Waals surface area contributed by atoms with Crippen LogP contribution in [0.3, 0.4) is 0 Å². The number of H-pyrrole nitrogens is 1. The number of halogens is 1. The first kappa shape index (κ1) is 26.6. The van der Waals surface area contributed by atoms with Crippen LogP contribution in [0.1, 0.15) is 45.6 Å². The largest absolute Gasteiger partial charge is 0.352 e. The second kappa shape index (κ2) is 11.0. The molecule has 0 aliphatic carbocycles. The third-order valence-electron chi connectivity index (χ3n) is 7.09. The molecule has 0 bridgehead atoms. The van der Waals surface area contributed by atoms with Crippen LogP contribution in [0, 0.1) is 19.7 Å². The molecule has 4 amide bonds. The van der Waals surface area contributed by atoms with Gasteiger partial charge < -0.3 is 21.3 Å². The van der Waals surface area contributed by atoms with Gasteiger partial charge in [-0.25, -0.2) is 9.18 Å². The van der Waals surface area contributed by atoms with Crippen LogP contribution in [0.5, 0.6) is 0 Å². The fourth-order valence-electron chi connectivity index (χ4n) is 5.00. The SMILES string of the molecule is CC1=C(C(=O)Nc2ccc3[nH]ncc3c2)[C@H](c2ccc(F)c(C(=O)NCCc3c(C)cccc3C)c2)NC(=O)N1. The van der Waals surface area contributed by atoms with Gasteiger partial charge in [-0.3, -0.25) is 14.7 Å². The molecule has 9 nitrogen and oxygen atoms in total. The molecule has 1 aliphatic rings. The van der Waals surface area contributed by atoms with Crippen LogP contribution < -0.4 is 21.3 Å². The van der Waals surface area contributed by atoms with Gasteiger partial charge in [0.05, 0.1) is 28.9 Å². The van der Waals surface area contributed by atoms with Crippen molar-refractivity contribution in [3.63, 3.8) is 0 Å². The molecule has 1 aliphatic heterocycles. The molecule has 0 saturated heterocycles. The lowest BCUT2D eigenvalue weighted by molar-refractivity contribution is -0.113. The van der Waals surface area contributed by atoms with E-state index in [0.29, 0.717) is 29.9 Å². The summed E-state index contributed by atoms with van der Waals surface area (Å²) in [6.45, 7) is 5.97. The lowest BCUT2D eigenvalue weighted by Crippen LogP contribution is -2.46. The Morgan fingerprint density at radius 2 is 1.77 bits per heavy atom. The Hall–Kier alpha value is -4.99. The van der Waals surface area contributed by atoms with Crippen molar-refractivity contribution in [1.82, 2.24) is 26.1 Å². The summed E-state index contributed by atoms with van der Waals surface area (Å²) in [6, 6.07) is 13.9. The van der Waals surface area contributed by atoms with Gasteiger partial charge in [0.25, 0.3) is 11.8 Å². The van der Waals surface area contributed by atoms with Gasteiger partial charge in [-0.1, -0.05) is 24.3 Å². The quantitative estimate of drug-likeness (QED) is 0.235. The minimum atomic E-state index is -0.909. The molecule has 10 heteroatoms. The van der Waals surface area contributed by atoms with E-state index in [9.17, 15) is 18.8 Å². The highest BCUT2D eigenvalue weighted by molar-refractivity contribution is 6.07. The van der Waals surface area contributed by atoms with E-state index in [1.54, 1.807) is 31.3 Å². The van der Waals surface area contributed by atoms with Crippen LogP contribution in [0.15, 0.2) is 72.1 Å². The smallest absolute Gasteiger partial charge is 0.319 e. The Labute approximate surface area is 230 Å². The average molecular weight is 541 g/mol. The summed E-state index contributed by atoms with van der Waals surface area (Å²) in [5, 5.41) is 18.7. The van der Waals surface area contributed by atoms with Gasteiger partial charge in [-0.05, 0) is 79.8 Å². The van der Waals surface area contributed by atoms with E-state index in [1.165, 1.54) is 18.2 Å². The maximum Gasteiger partial charge on any atom is 0.319 e. The molecule has 0 unspecified atom stereocenters. The number of urea groups is 1. The number of hydrogen-bond acceptors (Lipinski definition) is 4. The summed E-state index contributed by atoms with van der Waals surface area (Å²) in [6.07, 6.45) is 2.25. The van der Waals surface area contributed by atoms with Gasteiger partial charge in [0, 0.05) is 23.3 Å². The predicted molar refractivity (Wildman–Crippen MR) is 150 cm³/mol.